The van der Waals surface area contributed by atoms with Gasteiger partial charge in [-0.05, 0) is 51.1 Å². The molecule has 2 N–H and O–H groups in total. The summed E-state index contributed by atoms with van der Waals surface area (Å²) in [6.45, 7) is 2.92. The molecule has 1 aromatic carbocycles. The van der Waals surface area contributed by atoms with Gasteiger partial charge < -0.3 is 5.32 Å². The van der Waals surface area contributed by atoms with Gasteiger partial charge in [-0.3, -0.25) is 4.72 Å². The van der Waals surface area contributed by atoms with Gasteiger partial charge in [0.15, 0.2) is 0 Å². The molecule has 0 aliphatic carbocycles. The van der Waals surface area contributed by atoms with E-state index in [9.17, 15) is 21.2 Å². The second kappa shape index (κ2) is 7.34. The summed E-state index contributed by atoms with van der Waals surface area (Å²) in [5, 5.41) is 3.02. The number of rotatable bonds is 7. The van der Waals surface area contributed by atoms with Crippen molar-refractivity contribution in [1.29, 1.82) is 0 Å². The van der Waals surface area contributed by atoms with E-state index in [1.165, 1.54) is 17.3 Å². The predicted octanol–water partition coefficient (Wildman–Crippen LogP) is 0.817. The van der Waals surface area contributed by atoms with Crippen molar-refractivity contribution in [1.82, 2.24) is 9.62 Å². The van der Waals surface area contributed by atoms with Gasteiger partial charge in [0.25, 0.3) is 0 Å². The number of anilines is 1. The maximum atomic E-state index is 14.1. The lowest BCUT2D eigenvalue weighted by molar-refractivity contribution is 0.450. The second-order valence-corrected chi connectivity index (χ2v) is 9.67. The molecule has 0 radical (unpaired) electrons. The van der Waals surface area contributed by atoms with Crippen LogP contribution in [0, 0.1) is 11.7 Å². The summed E-state index contributed by atoms with van der Waals surface area (Å²) in [7, 11) is -5.61. The number of nitrogens with zero attached hydrogens (tertiary/aromatic N) is 1. The zero-order chi connectivity index (χ0) is 18.0. The fraction of sp³-hybridized carbons (Fsp3) is 0.571. The molecule has 1 unspecified atom stereocenters. The van der Waals surface area contributed by atoms with E-state index in [0.29, 0.717) is 13.1 Å². The van der Waals surface area contributed by atoms with Crippen molar-refractivity contribution >= 4 is 25.7 Å². The van der Waals surface area contributed by atoms with Gasteiger partial charge in [0.2, 0.25) is 20.0 Å². The van der Waals surface area contributed by atoms with Gasteiger partial charge in [0.05, 0.1) is 16.3 Å². The first kappa shape index (κ1) is 19.1. The predicted molar refractivity (Wildman–Crippen MR) is 90.3 cm³/mol. The topological polar surface area (TPSA) is 95.6 Å². The minimum atomic E-state index is -3.79. The molecule has 0 bridgehead atoms. The van der Waals surface area contributed by atoms with Gasteiger partial charge in [-0.1, -0.05) is 0 Å². The average molecular weight is 379 g/mol. The molecule has 7 nitrogen and oxygen atoms in total. The van der Waals surface area contributed by atoms with Crippen molar-refractivity contribution in [3.05, 3.63) is 24.0 Å². The SMILES string of the molecule is CCS(=O)(=O)Nc1ccc(S(=O)(=O)N2CCC(CNC)C2)cc1F. The monoisotopic (exact) mass is 379 g/mol. The smallest absolute Gasteiger partial charge is 0.243 e. The minimum Gasteiger partial charge on any atom is -0.319 e. The average Bonchev–Trinajstić information content (AvgIpc) is 2.99. The zero-order valence-corrected chi connectivity index (χ0v) is 15.3. The van der Waals surface area contributed by atoms with E-state index in [1.54, 1.807) is 0 Å². The van der Waals surface area contributed by atoms with Crippen LogP contribution >= 0.6 is 0 Å². The van der Waals surface area contributed by atoms with Gasteiger partial charge in [-0.25, -0.2) is 21.2 Å². The Hall–Kier alpha value is -1.23. The summed E-state index contributed by atoms with van der Waals surface area (Å²) in [5.74, 6) is -0.892. The lowest BCUT2D eigenvalue weighted by Crippen LogP contribution is -2.30. The number of hydrogen-bond acceptors (Lipinski definition) is 5. The number of benzene rings is 1. The summed E-state index contributed by atoms with van der Waals surface area (Å²) in [4.78, 5) is -0.176. The van der Waals surface area contributed by atoms with Crippen LogP contribution < -0.4 is 10.0 Å². The first-order valence-corrected chi connectivity index (χ1v) is 10.7. The quantitative estimate of drug-likeness (QED) is 0.731. The Morgan fingerprint density at radius 1 is 1.29 bits per heavy atom. The molecule has 1 heterocycles. The van der Waals surface area contributed by atoms with E-state index >= 15 is 0 Å². The van der Waals surface area contributed by atoms with Crippen molar-refractivity contribution in [2.75, 3.05) is 37.2 Å². The van der Waals surface area contributed by atoms with Crippen LogP contribution in [0.25, 0.3) is 0 Å². The summed E-state index contributed by atoms with van der Waals surface area (Å²) in [6.07, 6.45) is 0.747. The summed E-state index contributed by atoms with van der Waals surface area (Å²) < 4.78 is 65.7. The fourth-order valence-electron chi connectivity index (χ4n) is 2.60. The molecule has 10 heteroatoms. The van der Waals surface area contributed by atoms with Crippen molar-refractivity contribution in [2.24, 2.45) is 5.92 Å². The second-order valence-electron chi connectivity index (χ2n) is 5.72. The van der Waals surface area contributed by atoms with Gasteiger partial charge in [0.1, 0.15) is 5.82 Å². The molecule has 1 aliphatic rings. The number of sulfonamides is 2. The van der Waals surface area contributed by atoms with Gasteiger partial charge in [0, 0.05) is 13.1 Å². The molecule has 1 fully saturated rings. The molecule has 24 heavy (non-hydrogen) atoms. The standard InChI is InChI=1S/C14H22FN3O4S2/c1-3-23(19,20)17-14-5-4-12(8-13(14)15)24(21,22)18-7-6-11(10-18)9-16-2/h4-5,8,11,16-17H,3,6-7,9-10H2,1-2H3. The molecule has 136 valence electrons. The number of hydrogen-bond donors (Lipinski definition) is 2. The largest absolute Gasteiger partial charge is 0.319 e. The highest BCUT2D eigenvalue weighted by atomic mass is 32.2. The highest BCUT2D eigenvalue weighted by Crippen LogP contribution is 2.26. The third kappa shape index (κ3) is 4.24. The van der Waals surface area contributed by atoms with E-state index < -0.39 is 25.9 Å². The highest BCUT2D eigenvalue weighted by molar-refractivity contribution is 7.92. The normalized spacial score (nSPS) is 19.5. The molecule has 1 atom stereocenters. The Kier molecular flexibility index (Phi) is 5.84. The van der Waals surface area contributed by atoms with E-state index in [2.05, 4.69) is 10.0 Å². The highest BCUT2D eigenvalue weighted by Gasteiger charge is 2.32. The minimum absolute atomic E-state index is 0.176. The molecule has 0 saturated carbocycles. The van der Waals surface area contributed by atoms with E-state index in [0.717, 1.165) is 25.1 Å². The Balaban J connectivity index is 2.22. The van der Waals surface area contributed by atoms with E-state index in [-0.39, 0.29) is 22.3 Å². The molecule has 2 rings (SSSR count). The van der Waals surface area contributed by atoms with Crippen molar-refractivity contribution < 1.29 is 21.2 Å². The first-order chi connectivity index (χ1) is 11.2. The van der Waals surface area contributed by atoms with Crippen LogP contribution in [0.15, 0.2) is 23.1 Å². The molecular formula is C14H22FN3O4S2. The zero-order valence-electron chi connectivity index (χ0n) is 13.6. The Morgan fingerprint density at radius 3 is 2.58 bits per heavy atom. The lowest BCUT2D eigenvalue weighted by Gasteiger charge is -2.17. The van der Waals surface area contributed by atoms with Crippen LogP contribution in [-0.4, -0.2) is 53.6 Å². The Labute approximate surface area is 142 Å². The van der Waals surface area contributed by atoms with Crippen LogP contribution in [0.3, 0.4) is 0 Å². The summed E-state index contributed by atoms with van der Waals surface area (Å²) >= 11 is 0. The summed E-state index contributed by atoms with van der Waals surface area (Å²) in [5.41, 5.74) is -0.259. The number of nitrogens with one attached hydrogen (secondary N) is 2. The number of halogens is 1. The molecule has 1 saturated heterocycles. The van der Waals surface area contributed by atoms with Crippen LogP contribution in [0.1, 0.15) is 13.3 Å². The Bertz CT molecular complexity index is 796. The molecule has 0 amide bonds. The Morgan fingerprint density at radius 2 is 2.00 bits per heavy atom. The van der Waals surface area contributed by atoms with E-state index in [4.69, 9.17) is 0 Å². The first-order valence-electron chi connectivity index (χ1n) is 7.64. The fourth-order valence-corrected chi connectivity index (χ4v) is 4.79. The third-order valence-corrected chi connectivity index (χ3v) is 7.12. The van der Waals surface area contributed by atoms with Crippen LogP contribution in [0.4, 0.5) is 10.1 Å². The van der Waals surface area contributed by atoms with Crippen LogP contribution in [0.5, 0.6) is 0 Å². The third-order valence-electron chi connectivity index (χ3n) is 3.97. The molecular weight excluding hydrogens is 357 g/mol. The lowest BCUT2D eigenvalue weighted by atomic mass is 10.1. The molecule has 0 spiro atoms. The molecule has 0 aromatic heterocycles. The molecule has 1 aromatic rings. The van der Waals surface area contributed by atoms with Gasteiger partial charge in [-0.15, -0.1) is 0 Å². The van der Waals surface area contributed by atoms with Crippen molar-refractivity contribution in [3.8, 4) is 0 Å². The van der Waals surface area contributed by atoms with Crippen LogP contribution in [-0.2, 0) is 20.0 Å². The maximum absolute atomic E-state index is 14.1. The van der Waals surface area contributed by atoms with Crippen molar-refractivity contribution in [2.45, 2.75) is 18.2 Å². The molecule has 1 aliphatic heterocycles. The van der Waals surface area contributed by atoms with Crippen molar-refractivity contribution in [3.63, 3.8) is 0 Å². The maximum Gasteiger partial charge on any atom is 0.243 e. The summed E-state index contributed by atoms with van der Waals surface area (Å²) in [6, 6.07) is 3.21. The van der Waals surface area contributed by atoms with Gasteiger partial charge in [-0.2, -0.15) is 4.31 Å². The van der Waals surface area contributed by atoms with Gasteiger partial charge >= 0.3 is 0 Å². The van der Waals surface area contributed by atoms with Crippen LogP contribution in [0.2, 0.25) is 0 Å². The van der Waals surface area contributed by atoms with E-state index in [1.807, 2.05) is 7.05 Å².